The first-order valence-electron chi connectivity index (χ1n) is 6.46. The Balaban J connectivity index is 2.42. The fourth-order valence-corrected chi connectivity index (χ4v) is 1.35. The molecule has 0 unspecified atom stereocenters. The number of nitrogens with zero attached hydrogens (tertiary/aromatic N) is 1. The molecular formula is C14H24N2O2. The molecule has 18 heavy (non-hydrogen) atoms. The van der Waals surface area contributed by atoms with Crippen LogP contribution in [0.15, 0.2) is 18.2 Å². The van der Waals surface area contributed by atoms with E-state index in [9.17, 15) is 0 Å². The minimum absolute atomic E-state index is 0.155. The van der Waals surface area contributed by atoms with E-state index in [4.69, 9.17) is 9.47 Å². The number of nitrogens with one attached hydrogen (secondary N) is 1. The molecule has 1 rings (SSSR count). The van der Waals surface area contributed by atoms with Gasteiger partial charge >= 0.3 is 0 Å². The minimum Gasteiger partial charge on any atom is -0.477 e. The van der Waals surface area contributed by atoms with Gasteiger partial charge in [0.15, 0.2) is 0 Å². The summed E-state index contributed by atoms with van der Waals surface area (Å²) in [5.74, 6) is 1.52. The molecule has 0 bridgehead atoms. The Morgan fingerprint density at radius 3 is 2.78 bits per heavy atom. The molecule has 0 aliphatic carbocycles. The lowest BCUT2D eigenvalue weighted by atomic mass is 10.1. The maximum Gasteiger partial charge on any atom is 0.215 e. The van der Waals surface area contributed by atoms with Gasteiger partial charge in [-0.2, -0.15) is 4.98 Å². The molecule has 0 saturated heterocycles. The first kappa shape index (κ1) is 14.8. The predicted octanol–water partition coefficient (Wildman–Crippen LogP) is 3.10. The number of aromatic nitrogens is 1. The molecule has 0 radical (unpaired) electrons. The van der Waals surface area contributed by atoms with Crippen LogP contribution in [0.1, 0.15) is 33.6 Å². The number of hydrogen-bond donors (Lipinski definition) is 1. The molecule has 0 aliphatic heterocycles. The molecule has 0 aromatic carbocycles. The van der Waals surface area contributed by atoms with Gasteiger partial charge < -0.3 is 14.8 Å². The van der Waals surface area contributed by atoms with E-state index in [0.717, 1.165) is 25.2 Å². The lowest BCUT2D eigenvalue weighted by Gasteiger charge is -2.22. The fraction of sp³-hybridized carbons (Fsp3) is 0.643. The van der Waals surface area contributed by atoms with E-state index in [1.54, 1.807) is 7.11 Å². The molecule has 4 heteroatoms. The van der Waals surface area contributed by atoms with Gasteiger partial charge in [0.25, 0.3) is 0 Å². The van der Waals surface area contributed by atoms with Gasteiger partial charge in [0, 0.05) is 26.1 Å². The highest BCUT2D eigenvalue weighted by Crippen LogP contribution is 2.15. The second kappa shape index (κ2) is 7.21. The van der Waals surface area contributed by atoms with E-state index in [-0.39, 0.29) is 5.60 Å². The summed E-state index contributed by atoms with van der Waals surface area (Å²) in [5, 5.41) is 3.24. The lowest BCUT2D eigenvalue weighted by molar-refractivity contribution is 0.00510. The van der Waals surface area contributed by atoms with Crippen LogP contribution in [0.2, 0.25) is 0 Å². The Morgan fingerprint density at radius 1 is 1.33 bits per heavy atom. The molecule has 0 fully saturated rings. The smallest absolute Gasteiger partial charge is 0.215 e. The highest BCUT2D eigenvalue weighted by molar-refractivity contribution is 5.36. The first-order valence-corrected chi connectivity index (χ1v) is 6.46. The zero-order valence-corrected chi connectivity index (χ0v) is 11.8. The SMILES string of the molecule is CCCNc1cccc(OCCC(C)(C)OC)n1. The molecule has 1 aromatic rings. The van der Waals surface area contributed by atoms with Crippen LogP contribution >= 0.6 is 0 Å². The van der Waals surface area contributed by atoms with Crippen molar-refractivity contribution in [2.24, 2.45) is 0 Å². The summed E-state index contributed by atoms with van der Waals surface area (Å²) in [6, 6.07) is 5.76. The summed E-state index contributed by atoms with van der Waals surface area (Å²) in [6.07, 6.45) is 1.91. The van der Waals surface area contributed by atoms with Gasteiger partial charge in [0.2, 0.25) is 5.88 Å². The standard InChI is InChI=1S/C14H24N2O2/c1-5-10-15-12-7-6-8-13(16-12)18-11-9-14(2,3)17-4/h6-8H,5,9-11H2,1-4H3,(H,15,16). The zero-order chi connectivity index (χ0) is 13.4. The minimum atomic E-state index is -0.155. The number of methoxy groups -OCH3 is 1. The highest BCUT2D eigenvalue weighted by atomic mass is 16.5. The molecular weight excluding hydrogens is 228 g/mol. The predicted molar refractivity (Wildman–Crippen MR) is 74.2 cm³/mol. The Bertz CT molecular complexity index is 353. The molecule has 0 amide bonds. The summed E-state index contributed by atoms with van der Waals surface area (Å²) in [7, 11) is 1.72. The maximum absolute atomic E-state index is 5.63. The van der Waals surface area contributed by atoms with Crippen molar-refractivity contribution >= 4 is 5.82 Å². The normalized spacial score (nSPS) is 11.3. The van der Waals surface area contributed by atoms with Gasteiger partial charge in [-0.25, -0.2) is 0 Å². The Hall–Kier alpha value is -1.29. The molecule has 0 saturated carbocycles. The molecule has 0 aliphatic rings. The van der Waals surface area contributed by atoms with Crippen molar-refractivity contribution in [1.29, 1.82) is 0 Å². The van der Waals surface area contributed by atoms with Crippen LogP contribution in [-0.4, -0.2) is 30.8 Å². The molecule has 1 aromatic heterocycles. The van der Waals surface area contributed by atoms with Gasteiger partial charge in [0.05, 0.1) is 12.2 Å². The summed E-state index contributed by atoms with van der Waals surface area (Å²) in [6.45, 7) is 7.74. The molecule has 0 atom stereocenters. The number of pyridine rings is 1. The van der Waals surface area contributed by atoms with Crippen LogP contribution in [0, 0.1) is 0 Å². The van der Waals surface area contributed by atoms with E-state index in [1.807, 2.05) is 32.0 Å². The first-order chi connectivity index (χ1) is 8.57. The summed E-state index contributed by atoms with van der Waals surface area (Å²) < 4.78 is 11.0. The third-order valence-corrected chi connectivity index (χ3v) is 2.79. The van der Waals surface area contributed by atoms with Crippen LogP contribution in [0.5, 0.6) is 5.88 Å². The van der Waals surface area contributed by atoms with Crippen molar-refractivity contribution in [1.82, 2.24) is 4.98 Å². The van der Waals surface area contributed by atoms with Gasteiger partial charge in [-0.1, -0.05) is 13.0 Å². The second-order valence-electron chi connectivity index (χ2n) is 4.85. The Labute approximate surface area is 110 Å². The zero-order valence-electron chi connectivity index (χ0n) is 11.8. The topological polar surface area (TPSA) is 43.4 Å². The molecule has 102 valence electrons. The van der Waals surface area contributed by atoms with E-state index >= 15 is 0 Å². The monoisotopic (exact) mass is 252 g/mol. The Morgan fingerprint density at radius 2 is 2.11 bits per heavy atom. The number of hydrogen-bond acceptors (Lipinski definition) is 4. The Kier molecular flexibility index (Phi) is 5.92. The van der Waals surface area contributed by atoms with Gasteiger partial charge in [-0.15, -0.1) is 0 Å². The quantitative estimate of drug-likeness (QED) is 0.772. The van der Waals surface area contributed by atoms with E-state index in [2.05, 4.69) is 17.2 Å². The van der Waals surface area contributed by atoms with Crippen LogP contribution in [0.3, 0.4) is 0 Å². The molecule has 1 heterocycles. The largest absolute Gasteiger partial charge is 0.477 e. The number of rotatable bonds is 8. The lowest BCUT2D eigenvalue weighted by Crippen LogP contribution is -2.25. The van der Waals surface area contributed by atoms with E-state index in [0.29, 0.717) is 12.5 Å². The number of anilines is 1. The van der Waals surface area contributed by atoms with Crippen molar-refractivity contribution < 1.29 is 9.47 Å². The van der Waals surface area contributed by atoms with Crippen molar-refractivity contribution in [3.05, 3.63) is 18.2 Å². The molecule has 4 nitrogen and oxygen atoms in total. The summed E-state index contributed by atoms with van der Waals surface area (Å²) >= 11 is 0. The van der Waals surface area contributed by atoms with Gasteiger partial charge in [-0.05, 0) is 26.3 Å². The van der Waals surface area contributed by atoms with Crippen molar-refractivity contribution in [3.63, 3.8) is 0 Å². The second-order valence-corrected chi connectivity index (χ2v) is 4.85. The van der Waals surface area contributed by atoms with E-state index < -0.39 is 0 Å². The van der Waals surface area contributed by atoms with Crippen LogP contribution in [-0.2, 0) is 4.74 Å². The van der Waals surface area contributed by atoms with Crippen molar-refractivity contribution in [3.8, 4) is 5.88 Å². The van der Waals surface area contributed by atoms with E-state index in [1.165, 1.54) is 0 Å². The average Bonchev–Trinajstić information content (AvgIpc) is 2.37. The van der Waals surface area contributed by atoms with Gasteiger partial charge in [0.1, 0.15) is 5.82 Å². The van der Waals surface area contributed by atoms with Crippen molar-refractivity contribution in [2.75, 3.05) is 25.6 Å². The van der Waals surface area contributed by atoms with Crippen LogP contribution in [0.25, 0.3) is 0 Å². The van der Waals surface area contributed by atoms with Crippen LogP contribution in [0.4, 0.5) is 5.82 Å². The highest BCUT2D eigenvalue weighted by Gasteiger charge is 2.16. The van der Waals surface area contributed by atoms with Gasteiger partial charge in [-0.3, -0.25) is 0 Å². The molecule has 1 N–H and O–H groups in total. The maximum atomic E-state index is 5.63. The van der Waals surface area contributed by atoms with Crippen molar-refractivity contribution in [2.45, 2.75) is 39.2 Å². The summed E-state index contributed by atoms with van der Waals surface area (Å²) in [5.41, 5.74) is -0.155. The third-order valence-electron chi connectivity index (χ3n) is 2.79. The summed E-state index contributed by atoms with van der Waals surface area (Å²) in [4.78, 5) is 4.38. The average molecular weight is 252 g/mol. The fourth-order valence-electron chi connectivity index (χ4n) is 1.35. The van der Waals surface area contributed by atoms with Crippen LogP contribution < -0.4 is 10.1 Å². The third kappa shape index (κ3) is 5.36. The number of ether oxygens (including phenoxy) is 2. The molecule has 0 spiro atoms.